The molecule has 0 atom stereocenters. The lowest BCUT2D eigenvalue weighted by Crippen LogP contribution is -1.97. The quantitative estimate of drug-likeness (QED) is 0.708. The second-order valence-corrected chi connectivity index (χ2v) is 4.15. The lowest BCUT2D eigenvalue weighted by Gasteiger charge is -2.07. The Morgan fingerprint density at radius 1 is 1.22 bits per heavy atom. The Kier molecular flexibility index (Phi) is 2.56. The fraction of sp³-hybridized carbons (Fsp3) is 0.0909. The van der Waals surface area contributed by atoms with E-state index < -0.39 is 0 Å². The van der Waals surface area contributed by atoms with Gasteiger partial charge < -0.3 is 4.74 Å². The molecule has 0 aliphatic rings. The normalized spacial score (nSPS) is 10.8. The van der Waals surface area contributed by atoms with Crippen LogP contribution < -0.4 is 4.74 Å². The Bertz CT molecular complexity index is 711. The summed E-state index contributed by atoms with van der Waals surface area (Å²) in [5.41, 5.74) is 1.53. The number of tetrazole rings is 1. The molecule has 0 aliphatic carbocycles. The molecule has 3 rings (SSSR count). The zero-order chi connectivity index (χ0) is 12.5. The van der Waals surface area contributed by atoms with Crippen molar-refractivity contribution in [2.75, 3.05) is 0 Å². The first-order valence-corrected chi connectivity index (χ1v) is 5.59. The van der Waals surface area contributed by atoms with E-state index in [0.717, 1.165) is 5.56 Å². The Hall–Kier alpha value is -2.21. The number of nitrogens with zero attached hydrogens (tertiary/aromatic N) is 5. The number of aryl methyl sites for hydroxylation is 1. The Labute approximate surface area is 107 Å². The second-order valence-electron chi connectivity index (χ2n) is 3.71. The molecule has 0 unspecified atom stereocenters. The van der Waals surface area contributed by atoms with Crippen molar-refractivity contribution in [3.63, 3.8) is 0 Å². The van der Waals surface area contributed by atoms with Crippen molar-refractivity contribution in [2.45, 2.75) is 6.92 Å². The molecule has 0 saturated carbocycles. The first-order valence-electron chi connectivity index (χ1n) is 5.22. The molecule has 0 amide bonds. The van der Waals surface area contributed by atoms with E-state index in [4.69, 9.17) is 16.3 Å². The van der Waals surface area contributed by atoms with Crippen LogP contribution in [0.15, 0.2) is 30.3 Å². The molecule has 6 nitrogen and oxygen atoms in total. The summed E-state index contributed by atoms with van der Waals surface area (Å²) in [5.74, 6) is 1.06. The summed E-state index contributed by atoms with van der Waals surface area (Å²) in [6.45, 7) is 1.93. The third kappa shape index (κ3) is 1.98. The molecule has 7 heteroatoms. The fourth-order valence-electron chi connectivity index (χ4n) is 1.48. The highest BCUT2D eigenvalue weighted by molar-refractivity contribution is 6.30. The first kappa shape index (κ1) is 10.9. The van der Waals surface area contributed by atoms with Gasteiger partial charge in [-0.15, -0.1) is 14.8 Å². The Morgan fingerprint density at radius 2 is 2.11 bits per heavy atom. The van der Waals surface area contributed by atoms with Crippen LogP contribution in [0.2, 0.25) is 5.02 Å². The van der Waals surface area contributed by atoms with Crippen LogP contribution in [0, 0.1) is 6.92 Å². The van der Waals surface area contributed by atoms with Gasteiger partial charge in [-0.3, -0.25) is 0 Å². The lowest BCUT2D eigenvalue weighted by molar-refractivity contribution is 0.444. The summed E-state index contributed by atoms with van der Waals surface area (Å²) in [7, 11) is 0. The summed E-state index contributed by atoms with van der Waals surface area (Å²) in [6.07, 6.45) is 0. The van der Waals surface area contributed by atoms with Crippen LogP contribution in [0.1, 0.15) is 5.56 Å². The number of ether oxygens (including phenoxy) is 1. The number of hydrogen-bond donors (Lipinski definition) is 0. The Morgan fingerprint density at radius 3 is 3.00 bits per heavy atom. The van der Waals surface area contributed by atoms with Gasteiger partial charge in [-0.05, 0) is 41.1 Å². The molecule has 0 bridgehead atoms. The minimum Gasteiger partial charge on any atom is -0.437 e. The lowest BCUT2D eigenvalue weighted by atomic mass is 10.2. The summed E-state index contributed by atoms with van der Waals surface area (Å²) in [4.78, 5) is 0. The van der Waals surface area contributed by atoms with Gasteiger partial charge in [0, 0.05) is 11.1 Å². The van der Waals surface area contributed by atoms with Crippen molar-refractivity contribution in [1.29, 1.82) is 0 Å². The molecule has 2 heterocycles. The maximum atomic E-state index is 5.92. The van der Waals surface area contributed by atoms with Crippen LogP contribution in [0.3, 0.4) is 0 Å². The largest absolute Gasteiger partial charge is 0.437 e. The molecule has 3 aromatic rings. The highest BCUT2D eigenvalue weighted by atomic mass is 35.5. The van der Waals surface area contributed by atoms with Crippen LogP contribution in [0.4, 0.5) is 0 Å². The number of rotatable bonds is 2. The predicted molar refractivity (Wildman–Crippen MR) is 64.8 cm³/mol. The van der Waals surface area contributed by atoms with Gasteiger partial charge in [-0.2, -0.15) is 0 Å². The molecule has 2 aromatic heterocycles. The van der Waals surface area contributed by atoms with Gasteiger partial charge in [0.1, 0.15) is 5.75 Å². The zero-order valence-electron chi connectivity index (χ0n) is 9.41. The smallest absolute Gasteiger partial charge is 0.239 e. The first-order chi connectivity index (χ1) is 8.72. The van der Waals surface area contributed by atoms with Crippen LogP contribution in [-0.4, -0.2) is 25.3 Å². The molecule has 0 N–H and O–H groups in total. The highest BCUT2D eigenvalue weighted by Gasteiger charge is 2.05. The number of benzene rings is 1. The highest BCUT2D eigenvalue weighted by Crippen LogP contribution is 2.26. The average Bonchev–Trinajstić information content (AvgIpc) is 2.81. The van der Waals surface area contributed by atoms with E-state index in [0.29, 0.717) is 22.3 Å². The van der Waals surface area contributed by atoms with E-state index in [1.165, 1.54) is 4.63 Å². The summed E-state index contributed by atoms with van der Waals surface area (Å²) in [6, 6.07) is 8.85. The van der Waals surface area contributed by atoms with Crippen molar-refractivity contribution >= 4 is 17.2 Å². The van der Waals surface area contributed by atoms with Gasteiger partial charge in [-0.1, -0.05) is 17.7 Å². The molecular formula is C11H8ClN5O. The second kappa shape index (κ2) is 4.23. The average molecular weight is 262 g/mol. The van der Waals surface area contributed by atoms with Crippen LogP contribution in [0.25, 0.3) is 5.65 Å². The van der Waals surface area contributed by atoms with Crippen molar-refractivity contribution in [3.8, 4) is 11.6 Å². The van der Waals surface area contributed by atoms with E-state index in [2.05, 4.69) is 20.6 Å². The molecule has 0 aliphatic heterocycles. The SMILES string of the molecule is Cc1ccc(Cl)cc1Oc1ccc2nnnn2n1. The van der Waals surface area contributed by atoms with E-state index >= 15 is 0 Å². The van der Waals surface area contributed by atoms with Gasteiger partial charge in [-0.25, -0.2) is 0 Å². The molecule has 1 aromatic carbocycles. The van der Waals surface area contributed by atoms with Crippen molar-refractivity contribution in [1.82, 2.24) is 25.3 Å². The van der Waals surface area contributed by atoms with Gasteiger partial charge in [0.2, 0.25) is 5.88 Å². The predicted octanol–water partition coefficient (Wildman–Crippen LogP) is 2.27. The fourth-order valence-corrected chi connectivity index (χ4v) is 1.65. The number of fused-ring (bicyclic) bond motifs is 1. The molecule has 90 valence electrons. The van der Waals surface area contributed by atoms with Crippen LogP contribution in [0.5, 0.6) is 11.6 Å². The molecule has 0 spiro atoms. The summed E-state index contributed by atoms with van der Waals surface area (Å²) in [5, 5.41) is 15.7. The minimum atomic E-state index is 0.403. The maximum Gasteiger partial charge on any atom is 0.239 e. The van der Waals surface area contributed by atoms with Crippen molar-refractivity contribution in [3.05, 3.63) is 40.9 Å². The standard InChI is InChI=1S/C11H8ClN5O/c1-7-2-3-8(12)6-9(7)18-11-5-4-10-13-15-16-17(10)14-11/h2-6H,1H3. The van der Waals surface area contributed by atoms with Gasteiger partial charge in [0.25, 0.3) is 0 Å². The maximum absolute atomic E-state index is 5.92. The van der Waals surface area contributed by atoms with Crippen molar-refractivity contribution < 1.29 is 4.74 Å². The minimum absolute atomic E-state index is 0.403. The monoisotopic (exact) mass is 261 g/mol. The molecule has 0 fully saturated rings. The summed E-state index contributed by atoms with van der Waals surface area (Å²) >= 11 is 5.92. The van der Waals surface area contributed by atoms with Crippen molar-refractivity contribution in [2.24, 2.45) is 0 Å². The molecule has 18 heavy (non-hydrogen) atoms. The van der Waals surface area contributed by atoms with Crippen LogP contribution in [-0.2, 0) is 0 Å². The van der Waals surface area contributed by atoms with Gasteiger partial charge in [0.15, 0.2) is 5.65 Å². The van der Waals surface area contributed by atoms with E-state index in [9.17, 15) is 0 Å². The topological polar surface area (TPSA) is 65.2 Å². The number of aromatic nitrogens is 5. The van der Waals surface area contributed by atoms with Gasteiger partial charge in [0.05, 0.1) is 0 Å². The van der Waals surface area contributed by atoms with Gasteiger partial charge >= 0.3 is 0 Å². The zero-order valence-corrected chi connectivity index (χ0v) is 10.2. The third-order valence-electron chi connectivity index (χ3n) is 2.41. The number of hydrogen-bond acceptors (Lipinski definition) is 5. The third-order valence-corrected chi connectivity index (χ3v) is 2.64. The van der Waals surface area contributed by atoms with Crippen LogP contribution >= 0.6 is 11.6 Å². The Balaban J connectivity index is 1.97. The molecular weight excluding hydrogens is 254 g/mol. The van der Waals surface area contributed by atoms with E-state index in [1.807, 2.05) is 19.1 Å². The van der Waals surface area contributed by atoms with E-state index in [1.54, 1.807) is 18.2 Å². The number of halogens is 1. The molecule has 0 saturated heterocycles. The summed E-state index contributed by atoms with van der Waals surface area (Å²) < 4.78 is 6.96. The molecule has 0 radical (unpaired) electrons. The van der Waals surface area contributed by atoms with E-state index in [-0.39, 0.29) is 0 Å².